The molecule has 30 heavy (non-hydrogen) atoms. The minimum absolute atomic E-state index is 0.283. The fraction of sp³-hybridized carbons (Fsp3) is 0.545. The molecule has 162 valence electrons. The van der Waals surface area contributed by atoms with Gasteiger partial charge in [-0.05, 0) is 90.4 Å². The molecule has 0 aliphatic heterocycles. The van der Waals surface area contributed by atoms with Gasteiger partial charge in [0.05, 0.1) is 16.0 Å². The van der Waals surface area contributed by atoms with Gasteiger partial charge in [0.1, 0.15) is 5.00 Å². The average Bonchev–Trinajstić information content (AvgIpc) is 3.22. The Morgan fingerprint density at radius 1 is 1.13 bits per heavy atom. The van der Waals surface area contributed by atoms with Crippen LogP contribution >= 0.6 is 38.6 Å². The molecule has 1 unspecified atom stereocenters. The van der Waals surface area contributed by atoms with E-state index in [1.54, 1.807) is 18.3 Å². The van der Waals surface area contributed by atoms with Crippen molar-refractivity contribution in [3.63, 3.8) is 0 Å². The third-order valence-electron chi connectivity index (χ3n) is 5.87. The van der Waals surface area contributed by atoms with Crippen LogP contribution in [-0.2, 0) is 37.0 Å². The second-order valence-corrected chi connectivity index (χ2v) is 11.6. The number of fused-ring (bicyclic) bond motifs is 2. The van der Waals surface area contributed by atoms with Gasteiger partial charge in [-0.3, -0.25) is 5.32 Å². The molecular formula is C22H27BrN2O3S2. The van der Waals surface area contributed by atoms with Crippen LogP contribution in [-0.4, -0.2) is 18.6 Å². The number of ether oxygens (including phenoxy) is 1. The van der Waals surface area contributed by atoms with Gasteiger partial charge < -0.3 is 10.1 Å². The third-order valence-corrected chi connectivity index (χ3v) is 9.17. The van der Waals surface area contributed by atoms with Crippen molar-refractivity contribution < 1.29 is 14.3 Å². The van der Waals surface area contributed by atoms with Gasteiger partial charge in [0.2, 0.25) is 0 Å². The summed E-state index contributed by atoms with van der Waals surface area (Å²) in [6.45, 7) is 4.81. The topological polar surface area (TPSA) is 67.4 Å². The van der Waals surface area contributed by atoms with Crippen LogP contribution in [0.1, 0.15) is 69.9 Å². The smallest absolute Gasteiger partial charge is 0.341 e. The molecular weight excluding hydrogens is 484 g/mol. The van der Waals surface area contributed by atoms with Crippen LogP contribution < -0.4 is 10.6 Å². The minimum Gasteiger partial charge on any atom is -0.462 e. The number of amides is 2. The number of carbonyl (C=O) groups is 2. The number of nitrogens with one attached hydrogen (secondary N) is 2. The van der Waals surface area contributed by atoms with Gasteiger partial charge in [-0.2, -0.15) is 0 Å². The lowest BCUT2D eigenvalue weighted by molar-refractivity contribution is 0.0526. The second-order valence-electron chi connectivity index (χ2n) is 8.05. The van der Waals surface area contributed by atoms with E-state index in [0.717, 1.165) is 41.5 Å². The predicted molar refractivity (Wildman–Crippen MR) is 126 cm³/mol. The molecule has 0 fully saturated rings. The van der Waals surface area contributed by atoms with Crippen LogP contribution in [0.15, 0.2) is 3.79 Å². The molecule has 2 aliphatic carbocycles. The van der Waals surface area contributed by atoms with E-state index in [9.17, 15) is 9.59 Å². The van der Waals surface area contributed by atoms with Crippen molar-refractivity contribution in [1.29, 1.82) is 0 Å². The van der Waals surface area contributed by atoms with E-state index < -0.39 is 0 Å². The molecule has 2 aromatic rings. The van der Waals surface area contributed by atoms with Gasteiger partial charge in [0.15, 0.2) is 0 Å². The fourth-order valence-electron chi connectivity index (χ4n) is 4.36. The molecule has 1 atom stereocenters. The van der Waals surface area contributed by atoms with Gasteiger partial charge in [0.25, 0.3) is 0 Å². The highest BCUT2D eigenvalue weighted by molar-refractivity contribution is 9.11. The molecule has 2 N–H and O–H groups in total. The van der Waals surface area contributed by atoms with Crippen molar-refractivity contribution in [3.05, 3.63) is 35.8 Å². The molecule has 4 rings (SSSR count). The second kappa shape index (κ2) is 9.40. The molecule has 0 saturated carbocycles. The molecule has 2 amide bonds. The number of anilines is 1. The van der Waals surface area contributed by atoms with Crippen LogP contribution in [0.5, 0.6) is 0 Å². The van der Waals surface area contributed by atoms with E-state index in [-0.39, 0.29) is 12.0 Å². The SMILES string of the molecule is CCOC(=O)c1c(NC(=O)NCc2c(Br)sc3c2CCCC3)sc2c1CC(C)CC2. The van der Waals surface area contributed by atoms with E-state index >= 15 is 0 Å². The molecule has 2 heterocycles. The lowest BCUT2D eigenvalue weighted by atomic mass is 9.88. The van der Waals surface area contributed by atoms with Crippen LogP contribution in [0.2, 0.25) is 0 Å². The summed E-state index contributed by atoms with van der Waals surface area (Å²) in [6.07, 6.45) is 7.58. The summed E-state index contributed by atoms with van der Waals surface area (Å²) in [7, 11) is 0. The minimum atomic E-state index is -0.339. The summed E-state index contributed by atoms with van der Waals surface area (Å²) in [5.41, 5.74) is 4.19. The first kappa shape index (κ1) is 21.8. The van der Waals surface area contributed by atoms with Crippen LogP contribution in [0, 0.1) is 5.92 Å². The number of hydrogen-bond acceptors (Lipinski definition) is 5. The number of urea groups is 1. The highest BCUT2D eigenvalue weighted by Gasteiger charge is 2.29. The number of thiophene rings is 2. The monoisotopic (exact) mass is 510 g/mol. The summed E-state index contributed by atoms with van der Waals surface area (Å²) in [6, 6.07) is -0.283. The largest absolute Gasteiger partial charge is 0.462 e. The normalized spacial score (nSPS) is 17.8. The van der Waals surface area contributed by atoms with Crippen molar-refractivity contribution in [3.8, 4) is 0 Å². The summed E-state index contributed by atoms with van der Waals surface area (Å²) in [5.74, 6) is 0.193. The Hall–Kier alpha value is -1.38. The quantitative estimate of drug-likeness (QED) is 0.479. The Labute approximate surface area is 193 Å². The van der Waals surface area contributed by atoms with E-state index in [1.165, 1.54) is 45.1 Å². The number of rotatable bonds is 5. The molecule has 2 aromatic heterocycles. The Morgan fingerprint density at radius 3 is 2.70 bits per heavy atom. The Bertz CT molecular complexity index is 966. The molecule has 2 aliphatic rings. The maximum absolute atomic E-state index is 12.7. The van der Waals surface area contributed by atoms with Crippen molar-refractivity contribution in [2.24, 2.45) is 5.92 Å². The Morgan fingerprint density at radius 2 is 1.90 bits per heavy atom. The lowest BCUT2D eigenvalue weighted by Crippen LogP contribution is -2.29. The van der Waals surface area contributed by atoms with E-state index in [1.807, 2.05) is 0 Å². The van der Waals surface area contributed by atoms with Gasteiger partial charge in [-0.15, -0.1) is 22.7 Å². The zero-order valence-electron chi connectivity index (χ0n) is 17.4. The predicted octanol–water partition coefficient (Wildman–Crippen LogP) is 6.07. The fourth-order valence-corrected chi connectivity index (χ4v) is 7.68. The number of hydrogen-bond donors (Lipinski definition) is 2. The van der Waals surface area contributed by atoms with Crippen LogP contribution in [0.25, 0.3) is 0 Å². The zero-order valence-corrected chi connectivity index (χ0v) is 20.6. The van der Waals surface area contributed by atoms with Crippen molar-refractivity contribution >= 4 is 55.6 Å². The first-order chi connectivity index (χ1) is 14.5. The van der Waals surface area contributed by atoms with Crippen LogP contribution in [0.3, 0.4) is 0 Å². The first-order valence-electron chi connectivity index (χ1n) is 10.6. The molecule has 8 heteroatoms. The summed E-state index contributed by atoms with van der Waals surface area (Å²) >= 11 is 6.98. The standard InChI is InChI=1S/C22H27BrN2O3S2/c1-3-28-21(26)18-14-10-12(2)8-9-17(14)30-20(18)25-22(27)24-11-15-13-6-4-5-7-16(13)29-19(15)23/h12H,3-11H2,1-2H3,(H2,24,25,27). The number of aryl methyl sites for hydroxylation is 2. The molecule has 0 bridgehead atoms. The molecule has 0 aromatic carbocycles. The summed E-state index contributed by atoms with van der Waals surface area (Å²) in [5, 5.41) is 6.54. The van der Waals surface area contributed by atoms with E-state index in [0.29, 0.717) is 29.6 Å². The summed E-state index contributed by atoms with van der Waals surface area (Å²) < 4.78 is 6.41. The number of carbonyl (C=O) groups excluding carboxylic acids is 2. The third kappa shape index (κ3) is 4.46. The Balaban J connectivity index is 1.49. The van der Waals surface area contributed by atoms with E-state index in [4.69, 9.17) is 4.74 Å². The van der Waals surface area contributed by atoms with Crippen molar-refractivity contribution in [2.45, 2.75) is 65.3 Å². The first-order valence-corrected chi connectivity index (χ1v) is 13.1. The zero-order chi connectivity index (χ0) is 21.3. The van der Waals surface area contributed by atoms with Gasteiger partial charge in [-0.1, -0.05) is 6.92 Å². The van der Waals surface area contributed by atoms with Crippen molar-refractivity contribution in [1.82, 2.24) is 5.32 Å². The molecule has 0 saturated heterocycles. The van der Waals surface area contributed by atoms with E-state index in [2.05, 4.69) is 33.5 Å². The van der Waals surface area contributed by atoms with Crippen molar-refractivity contribution in [2.75, 3.05) is 11.9 Å². The number of halogens is 1. The molecule has 0 radical (unpaired) electrons. The lowest BCUT2D eigenvalue weighted by Gasteiger charge is -2.18. The molecule has 0 spiro atoms. The maximum atomic E-state index is 12.7. The highest BCUT2D eigenvalue weighted by atomic mass is 79.9. The average molecular weight is 512 g/mol. The van der Waals surface area contributed by atoms with Crippen LogP contribution in [0.4, 0.5) is 9.80 Å². The van der Waals surface area contributed by atoms with Gasteiger partial charge >= 0.3 is 12.0 Å². The molecule has 5 nitrogen and oxygen atoms in total. The summed E-state index contributed by atoms with van der Waals surface area (Å²) in [4.78, 5) is 28.0. The van der Waals surface area contributed by atoms with Gasteiger partial charge in [0, 0.05) is 16.3 Å². The number of esters is 1. The Kier molecular flexibility index (Phi) is 6.85. The van der Waals surface area contributed by atoms with Gasteiger partial charge in [-0.25, -0.2) is 9.59 Å². The maximum Gasteiger partial charge on any atom is 0.341 e. The highest BCUT2D eigenvalue weighted by Crippen LogP contribution is 2.40.